The first-order valence-corrected chi connectivity index (χ1v) is 19.1. The number of aryl methyl sites for hydroxylation is 2. The summed E-state index contributed by atoms with van der Waals surface area (Å²) in [4.78, 5) is 17.0. The first-order chi connectivity index (χ1) is 26.0. The van der Waals surface area contributed by atoms with Crippen molar-refractivity contribution in [3.8, 4) is 34.2 Å². The fourth-order valence-corrected chi connectivity index (χ4v) is 6.73. The minimum Gasteiger partial charge on any atom is -0.311 e. The summed E-state index contributed by atoms with van der Waals surface area (Å²) in [6.07, 6.45) is 3.07. The monoisotopic (exact) mass is 706 g/mol. The number of nitrogens with zero attached hydrogens (tertiary/aromatic N) is 4. The normalized spacial score (nSPS) is 11.7. The van der Waals surface area contributed by atoms with E-state index in [0.717, 1.165) is 53.0 Å². The molecule has 0 fully saturated rings. The van der Waals surface area contributed by atoms with Crippen molar-refractivity contribution in [1.29, 1.82) is 0 Å². The molecule has 0 bridgehead atoms. The third-order valence-electron chi connectivity index (χ3n) is 10.0. The smallest absolute Gasteiger partial charge is 0.164 e. The molecule has 0 aliphatic rings. The van der Waals surface area contributed by atoms with Crippen LogP contribution >= 0.6 is 0 Å². The van der Waals surface area contributed by atoms with Crippen LogP contribution in [0.5, 0.6) is 0 Å². The Balaban J connectivity index is 1.05. The van der Waals surface area contributed by atoms with E-state index in [0.29, 0.717) is 17.5 Å². The van der Waals surface area contributed by atoms with Gasteiger partial charge in [0.05, 0.1) is 0 Å². The quantitative estimate of drug-likeness (QED) is 0.142. The second-order valence-corrected chi connectivity index (χ2v) is 16.2. The molecule has 0 unspecified atom stereocenters. The van der Waals surface area contributed by atoms with Crippen molar-refractivity contribution in [2.75, 3.05) is 4.90 Å². The third kappa shape index (κ3) is 8.66. The maximum absolute atomic E-state index is 4.89. The molecular formula is C50H50N4. The lowest BCUT2D eigenvalue weighted by atomic mass is 9.86. The van der Waals surface area contributed by atoms with Crippen LogP contribution in [-0.4, -0.2) is 15.0 Å². The summed E-state index contributed by atoms with van der Waals surface area (Å²) in [5.41, 5.74) is 11.9. The van der Waals surface area contributed by atoms with Crippen LogP contribution in [0.15, 0.2) is 158 Å². The molecule has 4 nitrogen and oxygen atoms in total. The fourth-order valence-electron chi connectivity index (χ4n) is 6.73. The Hall–Kier alpha value is -5.87. The van der Waals surface area contributed by atoms with Crippen molar-refractivity contribution in [1.82, 2.24) is 15.0 Å². The molecule has 0 saturated carbocycles. The molecular weight excluding hydrogens is 657 g/mol. The van der Waals surface area contributed by atoms with Gasteiger partial charge in [-0.05, 0) is 88.7 Å². The molecule has 6 aromatic carbocycles. The van der Waals surface area contributed by atoms with Gasteiger partial charge in [0, 0.05) is 33.8 Å². The molecule has 0 aliphatic carbocycles. The van der Waals surface area contributed by atoms with Crippen molar-refractivity contribution < 1.29 is 0 Å². The molecule has 0 N–H and O–H groups in total. The fraction of sp³-hybridized carbons (Fsp3) is 0.220. The Morgan fingerprint density at radius 3 is 1.04 bits per heavy atom. The Bertz CT molecular complexity index is 2150. The highest BCUT2D eigenvalue weighted by Crippen LogP contribution is 2.37. The topological polar surface area (TPSA) is 41.9 Å². The van der Waals surface area contributed by atoms with Crippen LogP contribution in [0.4, 0.5) is 17.1 Å². The zero-order valence-corrected chi connectivity index (χ0v) is 32.4. The number of hydrogen-bond donors (Lipinski definition) is 0. The Morgan fingerprint density at radius 2 is 0.685 bits per heavy atom. The second-order valence-electron chi connectivity index (χ2n) is 16.2. The van der Waals surface area contributed by atoms with Crippen molar-refractivity contribution in [2.45, 2.75) is 71.6 Å². The Labute approximate surface area is 321 Å². The average molecular weight is 707 g/mol. The summed E-state index contributed by atoms with van der Waals surface area (Å²) < 4.78 is 0. The van der Waals surface area contributed by atoms with E-state index < -0.39 is 0 Å². The first-order valence-electron chi connectivity index (χ1n) is 19.1. The van der Waals surface area contributed by atoms with Crippen molar-refractivity contribution >= 4 is 17.1 Å². The molecule has 0 saturated heterocycles. The maximum atomic E-state index is 4.89. The molecule has 1 heterocycles. The summed E-state index contributed by atoms with van der Waals surface area (Å²) in [5, 5.41) is 0. The third-order valence-corrected chi connectivity index (χ3v) is 10.0. The molecule has 0 spiro atoms. The number of aromatic nitrogens is 3. The van der Waals surface area contributed by atoms with Crippen LogP contribution in [0.1, 0.15) is 70.2 Å². The molecule has 7 aromatic rings. The highest BCUT2D eigenvalue weighted by atomic mass is 15.1. The lowest BCUT2D eigenvalue weighted by Gasteiger charge is -2.28. The predicted molar refractivity (Wildman–Crippen MR) is 227 cm³/mol. The summed E-state index contributed by atoms with van der Waals surface area (Å²) in [5.74, 6) is 2.03. The zero-order valence-electron chi connectivity index (χ0n) is 32.4. The molecule has 54 heavy (non-hydrogen) atoms. The summed E-state index contributed by atoms with van der Waals surface area (Å²) in [7, 11) is 0. The summed E-state index contributed by atoms with van der Waals surface area (Å²) in [6.45, 7) is 13.6. The van der Waals surface area contributed by atoms with Gasteiger partial charge in [0.15, 0.2) is 17.5 Å². The van der Waals surface area contributed by atoms with Crippen LogP contribution in [0, 0.1) is 0 Å². The van der Waals surface area contributed by atoms with Gasteiger partial charge < -0.3 is 4.90 Å². The second kappa shape index (κ2) is 15.6. The van der Waals surface area contributed by atoms with Crippen LogP contribution < -0.4 is 4.90 Å². The summed E-state index contributed by atoms with van der Waals surface area (Å²) in [6, 6.07) is 56.1. The van der Waals surface area contributed by atoms with Gasteiger partial charge in [0.1, 0.15) is 0 Å². The number of benzene rings is 6. The largest absolute Gasteiger partial charge is 0.311 e. The number of rotatable bonds is 10. The number of hydrogen-bond acceptors (Lipinski definition) is 4. The van der Waals surface area contributed by atoms with E-state index in [4.69, 9.17) is 15.0 Å². The number of anilines is 3. The lowest BCUT2D eigenvalue weighted by molar-refractivity contribution is 0.590. The minimum atomic E-state index is 0.106. The minimum absolute atomic E-state index is 0.106. The van der Waals surface area contributed by atoms with Gasteiger partial charge in [0.2, 0.25) is 0 Å². The molecule has 1 aromatic heterocycles. The van der Waals surface area contributed by atoms with E-state index in [1.165, 1.54) is 22.3 Å². The van der Waals surface area contributed by atoms with Crippen molar-refractivity contribution in [3.05, 3.63) is 180 Å². The van der Waals surface area contributed by atoms with E-state index in [1.807, 2.05) is 60.7 Å². The highest BCUT2D eigenvalue weighted by molar-refractivity contribution is 5.77. The Morgan fingerprint density at radius 1 is 0.370 bits per heavy atom. The summed E-state index contributed by atoms with van der Waals surface area (Å²) >= 11 is 0. The van der Waals surface area contributed by atoms with Crippen molar-refractivity contribution in [3.63, 3.8) is 0 Å². The van der Waals surface area contributed by atoms with Gasteiger partial charge in [-0.2, -0.15) is 0 Å². The van der Waals surface area contributed by atoms with Crippen LogP contribution in [0.25, 0.3) is 34.2 Å². The van der Waals surface area contributed by atoms with Gasteiger partial charge in [-0.3, -0.25) is 0 Å². The lowest BCUT2D eigenvalue weighted by Crippen LogP contribution is -2.14. The van der Waals surface area contributed by atoms with Gasteiger partial charge in [0.25, 0.3) is 0 Å². The molecule has 7 rings (SSSR count). The average Bonchev–Trinajstić information content (AvgIpc) is 3.19. The molecule has 270 valence electrons. The molecule has 4 heteroatoms. The van der Waals surface area contributed by atoms with Crippen LogP contribution in [-0.2, 0) is 23.7 Å². The predicted octanol–water partition coefficient (Wildman–Crippen LogP) is 13.1. The van der Waals surface area contributed by atoms with Crippen LogP contribution in [0.3, 0.4) is 0 Å². The standard InChI is InChI=1S/C50H50N4/c1-49(2,3)41-26-32-44(33-27-41)54(45-34-28-42(29-35-45)50(4,5)6)43-30-22-37(23-31-43)15-13-14-36-20-24-40(25-21-36)48-52-46(38-16-9-7-10-17-38)51-47(53-48)39-18-11-8-12-19-39/h7-12,16-35H,13-15H2,1-6H3. The molecule has 0 aliphatic heterocycles. The van der Waals surface area contributed by atoms with Crippen molar-refractivity contribution in [2.24, 2.45) is 0 Å². The van der Waals surface area contributed by atoms with Gasteiger partial charge in [-0.25, -0.2) is 15.0 Å². The SMILES string of the molecule is CC(C)(C)c1ccc(N(c2ccc(CCCc3ccc(-c4nc(-c5ccccc5)nc(-c5ccccc5)n4)cc3)cc2)c2ccc(C(C)(C)C)cc2)cc1. The van der Waals surface area contributed by atoms with Gasteiger partial charge in [-0.1, -0.05) is 163 Å². The van der Waals surface area contributed by atoms with E-state index in [9.17, 15) is 0 Å². The van der Waals surface area contributed by atoms with E-state index in [-0.39, 0.29) is 10.8 Å². The first kappa shape index (κ1) is 36.5. The van der Waals surface area contributed by atoms with Crippen LogP contribution in [0.2, 0.25) is 0 Å². The zero-order chi connectivity index (χ0) is 37.7. The van der Waals surface area contributed by atoms with E-state index in [2.05, 4.69) is 144 Å². The van der Waals surface area contributed by atoms with E-state index in [1.54, 1.807) is 0 Å². The molecule has 0 atom stereocenters. The maximum Gasteiger partial charge on any atom is 0.164 e. The van der Waals surface area contributed by atoms with Gasteiger partial charge in [-0.15, -0.1) is 0 Å². The molecule has 0 radical (unpaired) electrons. The molecule has 0 amide bonds. The highest BCUT2D eigenvalue weighted by Gasteiger charge is 2.19. The Kier molecular flexibility index (Phi) is 10.6. The van der Waals surface area contributed by atoms with Gasteiger partial charge >= 0.3 is 0 Å². The van der Waals surface area contributed by atoms with E-state index >= 15 is 0 Å².